The molecule has 19 heavy (non-hydrogen) atoms. The van der Waals surface area contributed by atoms with Crippen molar-refractivity contribution in [3.05, 3.63) is 45.8 Å². The molecule has 0 saturated carbocycles. The lowest BCUT2D eigenvalue weighted by Crippen LogP contribution is -2.28. The minimum atomic E-state index is -0.403. The molecule has 0 bridgehead atoms. The molecule has 0 aliphatic carbocycles. The van der Waals surface area contributed by atoms with Crippen LogP contribution in [0, 0.1) is 0 Å². The molecule has 6 nitrogen and oxygen atoms in total. The minimum Gasteiger partial charge on any atom is -0.463 e. The van der Waals surface area contributed by atoms with Gasteiger partial charge < -0.3 is 9.30 Å². The summed E-state index contributed by atoms with van der Waals surface area (Å²) in [5.41, 5.74) is -0.766. The van der Waals surface area contributed by atoms with Crippen LogP contribution in [0.3, 0.4) is 0 Å². The third kappa shape index (κ3) is 5.85. The Balaban J connectivity index is 2.14. The van der Waals surface area contributed by atoms with Gasteiger partial charge in [0.1, 0.15) is 0 Å². The Labute approximate surface area is 110 Å². The monoisotopic (exact) mass is 266 g/mol. The third-order valence-electron chi connectivity index (χ3n) is 2.60. The van der Waals surface area contributed by atoms with Crippen molar-refractivity contribution in [2.45, 2.75) is 32.2 Å². The van der Waals surface area contributed by atoms with Crippen LogP contribution in [0.4, 0.5) is 0 Å². The van der Waals surface area contributed by atoms with Crippen LogP contribution in [0.25, 0.3) is 0 Å². The Morgan fingerprint density at radius 3 is 2.74 bits per heavy atom. The highest BCUT2D eigenvalue weighted by Gasteiger charge is 1.98. The second-order valence-corrected chi connectivity index (χ2v) is 4.09. The molecule has 0 fully saturated rings. The molecular weight excluding hydrogens is 248 g/mol. The topological polar surface area (TPSA) is 81.2 Å². The summed E-state index contributed by atoms with van der Waals surface area (Å²) in [4.78, 5) is 35.2. The summed E-state index contributed by atoms with van der Waals surface area (Å²) in [7, 11) is 0. The van der Waals surface area contributed by atoms with E-state index in [1.165, 1.54) is 16.8 Å². The van der Waals surface area contributed by atoms with Crippen LogP contribution in [0.15, 0.2) is 34.5 Å². The first-order valence-corrected chi connectivity index (χ1v) is 6.22. The zero-order valence-corrected chi connectivity index (χ0v) is 10.8. The SMILES string of the molecule is C=CC(=O)OCCCCCCn1ccc(=O)[nH]c1=O. The van der Waals surface area contributed by atoms with E-state index in [1.54, 1.807) is 0 Å². The summed E-state index contributed by atoms with van der Waals surface area (Å²) < 4.78 is 6.31. The predicted octanol–water partition coefficient (Wildman–Crippen LogP) is 0.826. The lowest BCUT2D eigenvalue weighted by Gasteiger charge is -2.04. The Hall–Kier alpha value is -2.11. The molecule has 1 rings (SSSR count). The summed E-state index contributed by atoms with van der Waals surface area (Å²) >= 11 is 0. The number of nitrogens with one attached hydrogen (secondary N) is 1. The van der Waals surface area contributed by atoms with Crippen molar-refractivity contribution in [3.8, 4) is 0 Å². The molecule has 0 saturated heterocycles. The van der Waals surface area contributed by atoms with Crippen LogP contribution < -0.4 is 11.2 Å². The summed E-state index contributed by atoms with van der Waals surface area (Å²) in [6.07, 6.45) is 6.11. The second kappa shape index (κ2) is 8.07. The highest BCUT2D eigenvalue weighted by molar-refractivity contribution is 5.81. The molecule has 0 radical (unpaired) electrons. The maximum atomic E-state index is 11.4. The van der Waals surface area contributed by atoms with E-state index in [-0.39, 0.29) is 11.2 Å². The van der Waals surface area contributed by atoms with Gasteiger partial charge in [-0.2, -0.15) is 0 Å². The Kier molecular flexibility index (Phi) is 6.35. The van der Waals surface area contributed by atoms with Gasteiger partial charge in [-0.1, -0.05) is 13.0 Å². The van der Waals surface area contributed by atoms with Gasteiger partial charge in [0.15, 0.2) is 0 Å². The largest absolute Gasteiger partial charge is 0.463 e. The molecule has 0 amide bonds. The van der Waals surface area contributed by atoms with Crippen LogP contribution in [-0.2, 0) is 16.1 Å². The Morgan fingerprint density at radius 1 is 1.32 bits per heavy atom. The van der Waals surface area contributed by atoms with Gasteiger partial charge in [-0.3, -0.25) is 9.78 Å². The van der Waals surface area contributed by atoms with E-state index in [1.807, 2.05) is 0 Å². The summed E-state index contributed by atoms with van der Waals surface area (Å²) in [5, 5.41) is 0. The van der Waals surface area contributed by atoms with Gasteiger partial charge in [0.2, 0.25) is 0 Å². The number of esters is 1. The molecule has 0 atom stereocenters. The number of carbonyl (C=O) groups is 1. The average Bonchev–Trinajstić information content (AvgIpc) is 2.39. The van der Waals surface area contributed by atoms with Gasteiger partial charge in [-0.25, -0.2) is 9.59 Å². The Morgan fingerprint density at radius 2 is 2.05 bits per heavy atom. The minimum absolute atomic E-state index is 0.382. The number of rotatable bonds is 8. The third-order valence-corrected chi connectivity index (χ3v) is 2.60. The first kappa shape index (κ1) is 14.9. The fourth-order valence-corrected chi connectivity index (χ4v) is 1.59. The van der Waals surface area contributed by atoms with Gasteiger partial charge in [-0.05, 0) is 19.3 Å². The summed E-state index contributed by atoms with van der Waals surface area (Å²) in [5.74, 6) is -0.403. The quantitative estimate of drug-likeness (QED) is 0.429. The summed E-state index contributed by atoms with van der Waals surface area (Å²) in [6.45, 7) is 4.27. The number of ether oxygens (including phenoxy) is 1. The van der Waals surface area contributed by atoms with Gasteiger partial charge in [0.05, 0.1) is 6.61 Å². The van der Waals surface area contributed by atoms with Crippen molar-refractivity contribution in [2.75, 3.05) is 6.61 Å². The highest BCUT2D eigenvalue weighted by Crippen LogP contribution is 2.01. The number of aromatic nitrogens is 2. The molecular formula is C13H18N2O4. The van der Waals surface area contributed by atoms with Crippen LogP contribution >= 0.6 is 0 Å². The van der Waals surface area contributed by atoms with Gasteiger partial charge in [0.25, 0.3) is 5.56 Å². The maximum Gasteiger partial charge on any atom is 0.330 e. The van der Waals surface area contributed by atoms with Gasteiger partial charge in [-0.15, -0.1) is 0 Å². The molecule has 0 unspecified atom stereocenters. The van der Waals surface area contributed by atoms with Crippen molar-refractivity contribution in [1.82, 2.24) is 9.55 Å². The predicted molar refractivity (Wildman–Crippen MR) is 70.9 cm³/mol. The van der Waals surface area contributed by atoms with E-state index in [4.69, 9.17) is 4.74 Å². The molecule has 0 aliphatic heterocycles. The van der Waals surface area contributed by atoms with Crippen molar-refractivity contribution < 1.29 is 9.53 Å². The molecule has 0 aromatic carbocycles. The molecule has 0 aliphatic rings. The number of carbonyl (C=O) groups excluding carboxylic acids is 1. The van der Waals surface area contributed by atoms with E-state index in [0.717, 1.165) is 31.8 Å². The average molecular weight is 266 g/mol. The fraction of sp³-hybridized carbons (Fsp3) is 0.462. The van der Waals surface area contributed by atoms with Crippen molar-refractivity contribution in [3.63, 3.8) is 0 Å². The smallest absolute Gasteiger partial charge is 0.330 e. The number of hydrogen-bond donors (Lipinski definition) is 1. The number of aromatic amines is 1. The summed E-state index contributed by atoms with van der Waals surface area (Å²) in [6, 6.07) is 1.33. The van der Waals surface area contributed by atoms with Crippen molar-refractivity contribution in [2.24, 2.45) is 0 Å². The Bertz CT molecular complexity index is 530. The van der Waals surface area contributed by atoms with Crippen LogP contribution in [0.1, 0.15) is 25.7 Å². The van der Waals surface area contributed by atoms with E-state index in [0.29, 0.717) is 13.2 Å². The molecule has 1 aromatic heterocycles. The van der Waals surface area contributed by atoms with E-state index < -0.39 is 5.97 Å². The highest BCUT2D eigenvalue weighted by atomic mass is 16.5. The molecule has 6 heteroatoms. The fourth-order valence-electron chi connectivity index (χ4n) is 1.59. The zero-order chi connectivity index (χ0) is 14.1. The van der Waals surface area contributed by atoms with E-state index in [9.17, 15) is 14.4 Å². The molecule has 1 heterocycles. The van der Waals surface area contributed by atoms with E-state index in [2.05, 4.69) is 11.6 Å². The maximum absolute atomic E-state index is 11.4. The van der Waals surface area contributed by atoms with Crippen molar-refractivity contribution in [1.29, 1.82) is 0 Å². The number of aryl methyl sites for hydroxylation is 1. The zero-order valence-electron chi connectivity index (χ0n) is 10.8. The van der Waals surface area contributed by atoms with E-state index >= 15 is 0 Å². The number of nitrogens with zero attached hydrogens (tertiary/aromatic N) is 1. The van der Waals surface area contributed by atoms with Crippen LogP contribution in [-0.4, -0.2) is 22.1 Å². The van der Waals surface area contributed by atoms with Gasteiger partial charge in [0, 0.05) is 24.9 Å². The molecule has 1 aromatic rings. The van der Waals surface area contributed by atoms with Gasteiger partial charge >= 0.3 is 11.7 Å². The second-order valence-electron chi connectivity index (χ2n) is 4.09. The first-order valence-electron chi connectivity index (χ1n) is 6.22. The van der Waals surface area contributed by atoms with Crippen LogP contribution in [0.5, 0.6) is 0 Å². The normalized spacial score (nSPS) is 10.1. The van der Waals surface area contributed by atoms with Crippen LogP contribution in [0.2, 0.25) is 0 Å². The molecule has 0 spiro atoms. The standard InChI is InChI=1S/C13H18N2O4/c1-2-12(17)19-10-6-4-3-5-8-15-9-7-11(16)14-13(15)18/h2,7,9H,1,3-6,8,10H2,(H,14,16,18). The van der Waals surface area contributed by atoms with Crippen molar-refractivity contribution >= 4 is 5.97 Å². The number of H-pyrrole nitrogens is 1. The lowest BCUT2D eigenvalue weighted by atomic mass is 10.2. The number of unbranched alkanes of at least 4 members (excludes halogenated alkanes) is 3. The molecule has 1 N–H and O–H groups in total. The number of hydrogen-bond acceptors (Lipinski definition) is 4. The lowest BCUT2D eigenvalue weighted by molar-refractivity contribution is -0.137. The molecule has 104 valence electrons. The first-order chi connectivity index (χ1) is 9.13.